The number of esters is 1. The van der Waals surface area contributed by atoms with E-state index in [2.05, 4.69) is 5.32 Å². The zero-order valence-corrected chi connectivity index (χ0v) is 12.6. The molecular weight excluding hydrogens is 292 g/mol. The Morgan fingerprint density at radius 3 is 2.95 bits per heavy atom. The van der Waals surface area contributed by atoms with Gasteiger partial charge in [-0.2, -0.15) is 0 Å². The Labute approximate surface area is 127 Å². The third kappa shape index (κ3) is 4.04. The summed E-state index contributed by atoms with van der Waals surface area (Å²) in [5.74, 6) is -0.940. The second kappa shape index (κ2) is 7.21. The molecular formula is C14H18N2O4S. The topological polar surface area (TPSA) is 75.7 Å². The molecule has 2 heterocycles. The van der Waals surface area contributed by atoms with Crippen molar-refractivity contribution in [3.05, 3.63) is 22.4 Å². The minimum atomic E-state index is -0.567. The van der Waals surface area contributed by atoms with Crippen molar-refractivity contribution in [1.82, 2.24) is 10.2 Å². The predicted octanol–water partition coefficient (Wildman–Crippen LogP) is 0.571. The van der Waals surface area contributed by atoms with Gasteiger partial charge in [0.25, 0.3) is 5.91 Å². The number of likely N-dealkylation sites (tertiary alicyclic amines) is 1. The first-order valence-corrected chi connectivity index (χ1v) is 7.69. The van der Waals surface area contributed by atoms with Crippen LogP contribution < -0.4 is 5.32 Å². The van der Waals surface area contributed by atoms with Gasteiger partial charge in [0.2, 0.25) is 5.91 Å². The monoisotopic (exact) mass is 310 g/mol. The van der Waals surface area contributed by atoms with Crippen LogP contribution in [0, 0.1) is 0 Å². The first-order valence-electron chi connectivity index (χ1n) is 6.81. The summed E-state index contributed by atoms with van der Waals surface area (Å²) in [5, 5.41) is 4.30. The normalized spacial score (nSPS) is 17.6. The van der Waals surface area contributed by atoms with Gasteiger partial charge in [-0.1, -0.05) is 6.07 Å². The van der Waals surface area contributed by atoms with Crippen molar-refractivity contribution in [2.24, 2.45) is 0 Å². The van der Waals surface area contributed by atoms with Gasteiger partial charge in [0.1, 0.15) is 6.04 Å². The van der Waals surface area contributed by atoms with Crippen LogP contribution in [0.15, 0.2) is 17.5 Å². The molecule has 7 heteroatoms. The number of nitrogens with one attached hydrogen (secondary N) is 1. The highest BCUT2D eigenvalue weighted by Gasteiger charge is 2.35. The summed E-state index contributed by atoms with van der Waals surface area (Å²) in [7, 11) is 1.47. The number of nitrogens with zero attached hydrogens (tertiary/aromatic N) is 1. The summed E-state index contributed by atoms with van der Waals surface area (Å²) >= 11 is 1.52. The number of carbonyl (C=O) groups excluding carboxylic acids is 3. The van der Waals surface area contributed by atoms with E-state index in [1.54, 1.807) is 4.90 Å². The van der Waals surface area contributed by atoms with E-state index in [0.29, 0.717) is 19.4 Å². The lowest BCUT2D eigenvalue weighted by molar-refractivity contribution is -0.155. The number of ether oxygens (including phenoxy) is 1. The number of thiophene rings is 1. The maximum Gasteiger partial charge on any atom is 0.329 e. The van der Waals surface area contributed by atoms with Gasteiger partial charge in [-0.05, 0) is 24.3 Å². The van der Waals surface area contributed by atoms with Gasteiger partial charge in [0.05, 0.1) is 6.42 Å². The van der Waals surface area contributed by atoms with Crippen LogP contribution in [-0.4, -0.2) is 48.9 Å². The average Bonchev–Trinajstić information content (AvgIpc) is 3.14. The molecule has 0 aliphatic carbocycles. The molecule has 6 nitrogen and oxygen atoms in total. The summed E-state index contributed by atoms with van der Waals surface area (Å²) in [4.78, 5) is 37.9. The molecule has 1 fully saturated rings. The molecule has 1 saturated heterocycles. The van der Waals surface area contributed by atoms with Crippen molar-refractivity contribution in [3.63, 3.8) is 0 Å². The molecule has 1 N–H and O–H groups in total. The van der Waals surface area contributed by atoms with Crippen LogP contribution in [0.2, 0.25) is 0 Å². The fourth-order valence-corrected chi connectivity index (χ4v) is 2.97. The Morgan fingerprint density at radius 1 is 1.48 bits per heavy atom. The smallest absolute Gasteiger partial charge is 0.329 e. The lowest BCUT2D eigenvalue weighted by atomic mass is 10.2. The first kappa shape index (κ1) is 15.5. The third-order valence-electron chi connectivity index (χ3n) is 3.38. The van der Waals surface area contributed by atoms with Crippen LogP contribution in [0.5, 0.6) is 0 Å². The van der Waals surface area contributed by atoms with E-state index in [1.807, 2.05) is 17.5 Å². The van der Waals surface area contributed by atoms with Gasteiger partial charge >= 0.3 is 5.97 Å². The Balaban J connectivity index is 1.91. The van der Waals surface area contributed by atoms with Crippen molar-refractivity contribution in [3.8, 4) is 0 Å². The minimum Gasteiger partial charge on any atom is -0.454 e. The van der Waals surface area contributed by atoms with Crippen LogP contribution in [0.1, 0.15) is 17.7 Å². The SMILES string of the molecule is CNC(=O)COC(=O)C1CCCN1C(=O)Cc1cccs1. The van der Waals surface area contributed by atoms with Gasteiger partial charge in [-0.15, -0.1) is 11.3 Å². The molecule has 1 aliphatic rings. The number of hydrogen-bond acceptors (Lipinski definition) is 5. The minimum absolute atomic E-state index is 0.0724. The average molecular weight is 310 g/mol. The van der Waals surface area contributed by atoms with Gasteiger partial charge in [0.15, 0.2) is 6.61 Å². The third-order valence-corrected chi connectivity index (χ3v) is 4.25. The molecule has 114 valence electrons. The molecule has 0 radical (unpaired) electrons. The maximum absolute atomic E-state index is 12.3. The van der Waals surface area contributed by atoms with Crippen LogP contribution in [0.25, 0.3) is 0 Å². The van der Waals surface area contributed by atoms with E-state index in [-0.39, 0.29) is 18.4 Å². The van der Waals surface area contributed by atoms with Crippen LogP contribution >= 0.6 is 11.3 Å². The summed E-state index contributed by atoms with van der Waals surface area (Å²) in [6.07, 6.45) is 1.66. The number of hydrogen-bond donors (Lipinski definition) is 1. The zero-order chi connectivity index (χ0) is 15.2. The fraction of sp³-hybridized carbons (Fsp3) is 0.500. The van der Waals surface area contributed by atoms with Crippen molar-refractivity contribution in [2.75, 3.05) is 20.2 Å². The van der Waals surface area contributed by atoms with Crippen LogP contribution in [0.4, 0.5) is 0 Å². The number of likely N-dealkylation sites (N-methyl/N-ethyl adjacent to an activating group) is 1. The Morgan fingerprint density at radius 2 is 2.29 bits per heavy atom. The standard InChI is InChI=1S/C14H18N2O4S/c1-15-12(17)9-20-14(19)11-5-2-6-16(11)13(18)8-10-4-3-7-21-10/h3-4,7,11H,2,5-6,8-9H2,1H3,(H,15,17). The van der Waals surface area contributed by atoms with E-state index in [0.717, 1.165) is 11.3 Å². The molecule has 0 bridgehead atoms. The molecule has 0 spiro atoms. The fourth-order valence-electron chi connectivity index (χ4n) is 2.28. The quantitative estimate of drug-likeness (QED) is 0.807. The molecule has 1 atom stereocenters. The van der Waals surface area contributed by atoms with Crippen LogP contribution in [-0.2, 0) is 25.5 Å². The highest BCUT2D eigenvalue weighted by atomic mass is 32.1. The zero-order valence-electron chi connectivity index (χ0n) is 11.8. The van der Waals surface area contributed by atoms with Gasteiger partial charge in [0, 0.05) is 18.5 Å². The molecule has 2 rings (SSSR count). The van der Waals surface area contributed by atoms with Crippen molar-refractivity contribution >= 4 is 29.1 Å². The highest BCUT2D eigenvalue weighted by molar-refractivity contribution is 7.10. The summed E-state index contributed by atoms with van der Waals surface area (Å²) in [5.41, 5.74) is 0. The van der Waals surface area contributed by atoms with Gasteiger partial charge in [-0.25, -0.2) is 4.79 Å². The number of rotatable bonds is 5. The molecule has 1 aromatic rings. The number of carbonyl (C=O) groups is 3. The van der Waals surface area contributed by atoms with Crippen LogP contribution in [0.3, 0.4) is 0 Å². The molecule has 21 heavy (non-hydrogen) atoms. The lowest BCUT2D eigenvalue weighted by Gasteiger charge is -2.23. The number of amides is 2. The van der Waals surface area contributed by atoms with E-state index >= 15 is 0 Å². The molecule has 1 aromatic heterocycles. The molecule has 2 amide bonds. The summed E-state index contributed by atoms with van der Waals surface area (Å²) in [6.45, 7) is 0.253. The maximum atomic E-state index is 12.3. The Hall–Kier alpha value is -1.89. The van der Waals surface area contributed by atoms with Crippen molar-refractivity contribution in [1.29, 1.82) is 0 Å². The molecule has 1 unspecified atom stereocenters. The van der Waals surface area contributed by atoms with Crippen molar-refractivity contribution < 1.29 is 19.1 Å². The van der Waals surface area contributed by atoms with E-state index in [9.17, 15) is 14.4 Å². The molecule has 0 aromatic carbocycles. The first-order chi connectivity index (χ1) is 10.1. The molecule has 0 saturated carbocycles. The second-order valence-corrected chi connectivity index (χ2v) is 5.81. The highest BCUT2D eigenvalue weighted by Crippen LogP contribution is 2.21. The molecule has 1 aliphatic heterocycles. The predicted molar refractivity (Wildman–Crippen MR) is 77.8 cm³/mol. The van der Waals surface area contributed by atoms with E-state index in [1.165, 1.54) is 18.4 Å². The lowest BCUT2D eigenvalue weighted by Crippen LogP contribution is -2.42. The largest absolute Gasteiger partial charge is 0.454 e. The Bertz CT molecular complexity index is 515. The van der Waals surface area contributed by atoms with Crippen molar-refractivity contribution in [2.45, 2.75) is 25.3 Å². The van der Waals surface area contributed by atoms with Gasteiger partial charge < -0.3 is 15.0 Å². The van der Waals surface area contributed by atoms with Gasteiger partial charge in [-0.3, -0.25) is 9.59 Å². The summed E-state index contributed by atoms with van der Waals surface area (Å²) < 4.78 is 4.95. The summed E-state index contributed by atoms with van der Waals surface area (Å²) in [6, 6.07) is 3.23. The van der Waals surface area contributed by atoms with E-state index in [4.69, 9.17) is 4.74 Å². The second-order valence-electron chi connectivity index (χ2n) is 4.78. The Kier molecular flexibility index (Phi) is 5.32. The van der Waals surface area contributed by atoms with E-state index < -0.39 is 12.0 Å².